The molecule has 2 N–H and O–H groups in total. The average molecular weight is 314 g/mol. The third-order valence-electron chi connectivity index (χ3n) is 3.34. The minimum atomic E-state index is -0.964. The molecule has 1 heterocycles. The predicted molar refractivity (Wildman–Crippen MR) is 91.1 cm³/mol. The predicted octanol–water partition coefficient (Wildman–Crippen LogP) is 2.25. The Morgan fingerprint density at radius 1 is 1.00 bits per heavy atom. The van der Waals surface area contributed by atoms with Crippen LogP contribution in [0.3, 0.4) is 0 Å². The molecule has 1 saturated heterocycles. The van der Waals surface area contributed by atoms with Crippen LogP contribution < -0.4 is 15.0 Å². The molecule has 0 atom stereocenters. The number of ether oxygens (including phenoxy) is 1. The lowest BCUT2D eigenvalue weighted by Gasteiger charge is -2.29. The molecular formula is C18H22N2O3. The summed E-state index contributed by atoms with van der Waals surface area (Å²) in [6.07, 6.45) is 0. The van der Waals surface area contributed by atoms with Crippen LogP contribution >= 0.6 is 0 Å². The van der Waals surface area contributed by atoms with Gasteiger partial charge in [-0.1, -0.05) is 36.4 Å². The van der Waals surface area contributed by atoms with Crippen LogP contribution in [-0.2, 0) is 4.79 Å². The Hall–Kier alpha value is -2.53. The van der Waals surface area contributed by atoms with Crippen LogP contribution in [0, 0.1) is 0 Å². The third kappa shape index (κ3) is 6.40. The molecule has 3 rings (SSSR count). The average Bonchev–Trinajstić information content (AvgIpc) is 2.63. The largest absolute Gasteiger partial charge is 0.482 e. The van der Waals surface area contributed by atoms with Gasteiger partial charge in [0.25, 0.3) is 0 Å². The number of hydrogen-bond donors (Lipinski definition) is 2. The van der Waals surface area contributed by atoms with Crippen molar-refractivity contribution in [3.8, 4) is 5.75 Å². The molecule has 122 valence electrons. The highest BCUT2D eigenvalue weighted by Gasteiger charge is 2.08. The van der Waals surface area contributed by atoms with Crippen LogP contribution in [0.15, 0.2) is 60.7 Å². The van der Waals surface area contributed by atoms with E-state index in [9.17, 15) is 4.79 Å². The van der Waals surface area contributed by atoms with Gasteiger partial charge in [-0.2, -0.15) is 0 Å². The summed E-state index contributed by atoms with van der Waals surface area (Å²) in [4.78, 5) is 12.5. The van der Waals surface area contributed by atoms with Gasteiger partial charge in [0, 0.05) is 31.9 Å². The van der Waals surface area contributed by atoms with Crippen molar-refractivity contribution in [3.63, 3.8) is 0 Å². The fourth-order valence-corrected chi connectivity index (χ4v) is 2.22. The van der Waals surface area contributed by atoms with Gasteiger partial charge in [0.05, 0.1) is 0 Å². The zero-order chi connectivity index (χ0) is 16.3. The summed E-state index contributed by atoms with van der Waals surface area (Å²) in [5.41, 5.74) is 1.35. The number of carbonyl (C=O) groups is 1. The fourth-order valence-electron chi connectivity index (χ4n) is 2.22. The second-order valence-corrected chi connectivity index (χ2v) is 5.07. The van der Waals surface area contributed by atoms with Crippen molar-refractivity contribution < 1.29 is 14.6 Å². The van der Waals surface area contributed by atoms with Gasteiger partial charge in [-0.25, -0.2) is 4.79 Å². The van der Waals surface area contributed by atoms with Crippen LogP contribution in [0.1, 0.15) is 0 Å². The molecule has 5 nitrogen and oxygen atoms in total. The van der Waals surface area contributed by atoms with E-state index in [1.807, 2.05) is 6.07 Å². The summed E-state index contributed by atoms with van der Waals surface area (Å²) < 4.78 is 4.87. The van der Waals surface area contributed by atoms with Crippen LogP contribution in [0.5, 0.6) is 5.75 Å². The van der Waals surface area contributed by atoms with E-state index in [1.54, 1.807) is 24.3 Å². The Kier molecular flexibility index (Phi) is 6.94. The Bertz CT molecular complexity index is 569. The van der Waals surface area contributed by atoms with Crippen LogP contribution in [0.25, 0.3) is 0 Å². The fraction of sp³-hybridized carbons (Fsp3) is 0.278. The quantitative estimate of drug-likeness (QED) is 0.906. The lowest BCUT2D eigenvalue weighted by molar-refractivity contribution is -0.139. The molecule has 0 radical (unpaired) electrons. The lowest BCUT2D eigenvalue weighted by Crippen LogP contribution is -2.43. The monoisotopic (exact) mass is 314 g/mol. The van der Waals surface area contributed by atoms with Crippen molar-refractivity contribution in [3.05, 3.63) is 60.7 Å². The first kappa shape index (κ1) is 16.8. The summed E-state index contributed by atoms with van der Waals surface area (Å²) in [7, 11) is 0. The first-order valence-corrected chi connectivity index (χ1v) is 7.66. The Balaban J connectivity index is 0.000000168. The topological polar surface area (TPSA) is 61.8 Å². The minimum Gasteiger partial charge on any atom is -0.482 e. The molecule has 0 unspecified atom stereocenters. The highest BCUT2D eigenvalue weighted by Crippen LogP contribution is 2.12. The van der Waals surface area contributed by atoms with Gasteiger partial charge < -0.3 is 20.1 Å². The standard InChI is InChI=1S/C10H14N2.C8H8O3/c1-2-4-10(5-3-1)12-8-6-11-7-9-12;9-8(10)6-11-7-4-2-1-3-5-7/h1-5,11H,6-9H2;1-5H,6H2,(H,9,10). The van der Waals surface area contributed by atoms with Crippen LogP contribution in [0.2, 0.25) is 0 Å². The Morgan fingerprint density at radius 2 is 1.57 bits per heavy atom. The zero-order valence-electron chi connectivity index (χ0n) is 13.0. The van der Waals surface area contributed by atoms with Gasteiger partial charge in [0.2, 0.25) is 0 Å². The molecule has 23 heavy (non-hydrogen) atoms. The summed E-state index contributed by atoms with van der Waals surface area (Å²) in [6, 6.07) is 19.4. The molecule has 0 aliphatic carbocycles. The lowest BCUT2D eigenvalue weighted by atomic mass is 10.2. The maximum atomic E-state index is 10.0. The number of piperazine rings is 1. The molecule has 1 fully saturated rings. The SMILES string of the molecule is O=C(O)COc1ccccc1.c1ccc(N2CCNCC2)cc1. The maximum Gasteiger partial charge on any atom is 0.341 e. The van der Waals surface area contributed by atoms with E-state index in [-0.39, 0.29) is 6.61 Å². The van der Waals surface area contributed by atoms with Gasteiger partial charge in [0.15, 0.2) is 6.61 Å². The minimum absolute atomic E-state index is 0.288. The number of nitrogens with zero attached hydrogens (tertiary/aromatic N) is 1. The highest BCUT2D eigenvalue weighted by molar-refractivity contribution is 5.68. The molecule has 0 spiro atoms. The van der Waals surface area contributed by atoms with E-state index < -0.39 is 5.97 Å². The first-order valence-electron chi connectivity index (χ1n) is 7.66. The number of anilines is 1. The van der Waals surface area contributed by atoms with Gasteiger partial charge >= 0.3 is 5.97 Å². The number of rotatable bonds is 4. The summed E-state index contributed by atoms with van der Waals surface area (Å²) in [6.45, 7) is 4.18. The molecule has 0 bridgehead atoms. The number of benzene rings is 2. The smallest absolute Gasteiger partial charge is 0.341 e. The molecule has 0 aromatic heterocycles. The third-order valence-corrected chi connectivity index (χ3v) is 3.34. The van der Waals surface area contributed by atoms with E-state index in [2.05, 4.69) is 40.5 Å². The van der Waals surface area contributed by atoms with Crippen LogP contribution in [0.4, 0.5) is 5.69 Å². The number of nitrogens with one attached hydrogen (secondary N) is 1. The van der Waals surface area contributed by atoms with Crippen molar-refractivity contribution in [2.45, 2.75) is 0 Å². The number of carboxylic acids is 1. The van der Waals surface area contributed by atoms with Crippen LogP contribution in [-0.4, -0.2) is 43.9 Å². The summed E-state index contributed by atoms with van der Waals surface area (Å²) in [5, 5.41) is 11.6. The van der Waals surface area contributed by atoms with Crippen molar-refractivity contribution in [1.82, 2.24) is 5.32 Å². The summed E-state index contributed by atoms with van der Waals surface area (Å²) >= 11 is 0. The van der Waals surface area contributed by atoms with E-state index in [1.165, 1.54) is 5.69 Å². The number of aliphatic carboxylic acids is 1. The molecular weight excluding hydrogens is 292 g/mol. The molecule has 1 aliphatic rings. The van der Waals surface area contributed by atoms with Gasteiger partial charge in [-0.05, 0) is 24.3 Å². The molecule has 0 saturated carbocycles. The molecule has 2 aromatic carbocycles. The molecule has 0 amide bonds. The highest BCUT2D eigenvalue weighted by atomic mass is 16.5. The van der Waals surface area contributed by atoms with Crippen molar-refractivity contribution in [2.75, 3.05) is 37.7 Å². The number of hydrogen-bond acceptors (Lipinski definition) is 4. The number of carboxylic acid groups (broad SMARTS) is 1. The van der Waals surface area contributed by atoms with E-state index in [0.717, 1.165) is 26.2 Å². The molecule has 1 aliphatic heterocycles. The van der Waals surface area contributed by atoms with Crippen molar-refractivity contribution in [1.29, 1.82) is 0 Å². The Morgan fingerprint density at radius 3 is 2.13 bits per heavy atom. The number of para-hydroxylation sites is 2. The molecule has 2 aromatic rings. The Labute approximate surface area is 136 Å². The van der Waals surface area contributed by atoms with Crippen molar-refractivity contribution in [2.24, 2.45) is 0 Å². The first-order chi connectivity index (χ1) is 11.3. The zero-order valence-corrected chi connectivity index (χ0v) is 13.0. The van der Waals surface area contributed by atoms with E-state index in [0.29, 0.717) is 5.75 Å². The normalized spacial score (nSPS) is 13.7. The van der Waals surface area contributed by atoms with Gasteiger partial charge in [-0.3, -0.25) is 0 Å². The molecule has 5 heteroatoms. The second kappa shape index (κ2) is 9.48. The van der Waals surface area contributed by atoms with Crippen molar-refractivity contribution >= 4 is 11.7 Å². The maximum absolute atomic E-state index is 10.0. The van der Waals surface area contributed by atoms with Gasteiger partial charge in [0.1, 0.15) is 5.75 Å². The van der Waals surface area contributed by atoms with E-state index in [4.69, 9.17) is 9.84 Å². The van der Waals surface area contributed by atoms with Gasteiger partial charge in [-0.15, -0.1) is 0 Å². The summed E-state index contributed by atoms with van der Waals surface area (Å²) in [5.74, 6) is -0.385. The van der Waals surface area contributed by atoms with E-state index >= 15 is 0 Å². The second-order valence-electron chi connectivity index (χ2n) is 5.07.